The maximum absolute atomic E-state index is 6.01. The summed E-state index contributed by atoms with van der Waals surface area (Å²) in [7, 11) is 3.57. The van der Waals surface area contributed by atoms with Gasteiger partial charge in [0.1, 0.15) is 5.75 Å². The van der Waals surface area contributed by atoms with Gasteiger partial charge in [0.15, 0.2) is 5.11 Å². The monoisotopic (exact) mass is 298 g/mol. The molecule has 1 N–H and O–H groups in total. The van der Waals surface area contributed by atoms with Gasteiger partial charge >= 0.3 is 0 Å². The van der Waals surface area contributed by atoms with Gasteiger partial charge in [-0.05, 0) is 37.3 Å². The number of nitrogens with one attached hydrogen (secondary N) is 1. The Kier molecular flexibility index (Phi) is 6.12. The third-order valence-electron chi connectivity index (χ3n) is 2.54. The molecule has 0 bridgehead atoms. The van der Waals surface area contributed by atoms with Crippen LogP contribution in [-0.4, -0.2) is 30.7 Å². The van der Waals surface area contributed by atoms with Crippen molar-refractivity contribution in [2.45, 2.75) is 13.5 Å². The average Bonchev–Trinajstić information content (AvgIpc) is 2.36. The standard InChI is InChI=1S/C14H19ClN2OS/c1-10(2)8-16-14(19)17(3)9-11-7-12(15)5-6-13(11)18-4/h5-7H,1,8-9H2,2-4H3,(H,16,19). The summed E-state index contributed by atoms with van der Waals surface area (Å²) < 4.78 is 5.32. The first kappa shape index (κ1) is 15.8. The molecule has 0 aliphatic heterocycles. The average molecular weight is 299 g/mol. The first-order chi connectivity index (χ1) is 8.93. The zero-order valence-corrected chi connectivity index (χ0v) is 13.1. The van der Waals surface area contributed by atoms with Crippen molar-refractivity contribution in [1.29, 1.82) is 0 Å². The second-order valence-electron chi connectivity index (χ2n) is 4.43. The quantitative estimate of drug-likeness (QED) is 0.666. The first-order valence-corrected chi connectivity index (χ1v) is 6.68. The van der Waals surface area contributed by atoms with Gasteiger partial charge in [-0.25, -0.2) is 0 Å². The minimum absolute atomic E-state index is 0.631. The highest BCUT2D eigenvalue weighted by atomic mass is 35.5. The van der Waals surface area contributed by atoms with E-state index in [4.69, 9.17) is 28.6 Å². The van der Waals surface area contributed by atoms with Gasteiger partial charge in [0.25, 0.3) is 0 Å². The second-order valence-corrected chi connectivity index (χ2v) is 5.25. The molecule has 0 heterocycles. The maximum atomic E-state index is 6.01. The van der Waals surface area contributed by atoms with E-state index in [0.29, 0.717) is 23.2 Å². The van der Waals surface area contributed by atoms with Crippen LogP contribution in [0.15, 0.2) is 30.4 Å². The van der Waals surface area contributed by atoms with Crippen LogP contribution in [0.1, 0.15) is 12.5 Å². The van der Waals surface area contributed by atoms with Gasteiger partial charge in [0, 0.05) is 30.7 Å². The number of thiocarbonyl (C=S) groups is 1. The van der Waals surface area contributed by atoms with Gasteiger partial charge < -0.3 is 15.0 Å². The van der Waals surface area contributed by atoms with Crippen molar-refractivity contribution in [3.05, 3.63) is 40.9 Å². The molecule has 0 aromatic heterocycles. The van der Waals surface area contributed by atoms with Crippen molar-refractivity contribution in [1.82, 2.24) is 10.2 Å². The SMILES string of the molecule is C=C(C)CNC(=S)N(C)Cc1cc(Cl)ccc1OC. The van der Waals surface area contributed by atoms with Gasteiger partial charge in [0.05, 0.1) is 7.11 Å². The Hall–Kier alpha value is -1.26. The number of benzene rings is 1. The molecule has 0 fully saturated rings. The topological polar surface area (TPSA) is 24.5 Å². The summed E-state index contributed by atoms with van der Waals surface area (Å²) in [6, 6.07) is 5.55. The summed E-state index contributed by atoms with van der Waals surface area (Å²) in [5.74, 6) is 0.805. The summed E-state index contributed by atoms with van der Waals surface area (Å²) in [4.78, 5) is 1.94. The molecule has 0 aliphatic carbocycles. The summed E-state index contributed by atoms with van der Waals surface area (Å²) in [5, 5.41) is 4.49. The van der Waals surface area contributed by atoms with E-state index < -0.39 is 0 Å². The molecule has 0 unspecified atom stereocenters. The van der Waals surface area contributed by atoms with Crippen LogP contribution < -0.4 is 10.1 Å². The highest BCUT2D eigenvalue weighted by Crippen LogP contribution is 2.23. The van der Waals surface area contributed by atoms with Crippen LogP contribution in [0.5, 0.6) is 5.75 Å². The number of nitrogens with zero attached hydrogens (tertiary/aromatic N) is 1. The molecule has 0 atom stereocenters. The zero-order chi connectivity index (χ0) is 14.4. The minimum Gasteiger partial charge on any atom is -0.496 e. The Morgan fingerprint density at radius 2 is 2.21 bits per heavy atom. The molecule has 1 aromatic carbocycles. The van der Waals surface area contributed by atoms with Crippen LogP contribution >= 0.6 is 23.8 Å². The largest absolute Gasteiger partial charge is 0.496 e. The fourth-order valence-electron chi connectivity index (χ4n) is 1.56. The Balaban J connectivity index is 2.70. The number of methoxy groups -OCH3 is 1. The molecular formula is C14H19ClN2OS. The molecule has 5 heteroatoms. The lowest BCUT2D eigenvalue weighted by Gasteiger charge is -2.22. The summed E-state index contributed by atoms with van der Waals surface area (Å²) >= 11 is 11.3. The molecular weight excluding hydrogens is 280 g/mol. The summed E-state index contributed by atoms with van der Waals surface area (Å²) in [6.45, 7) is 7.09. The normalized spacial score (nSPS) is 9.89. The van der Waals surface area contributed by atoms with Crippen LogP contribution in [0.25, 0.3) is 0 Å². The van der Waals surface area contributed by atoms with Crippen LogP contribution in [-0.2, 0) is 6.54 Å². The molecule has 3 nitrogen and oxygen atoms in total. The van der Waals surface area contributed by atoms with E-state index in [1.54, 1.807) is 7.11 Å². The highest BCUT2D eigenvalue weighted by molar-refractivity contribution is 7.80. The fourth-order valence-corrected chi connectivity index (χ4v) is 1.89. The summed E-state index contributed by atoms with van der Waals surface area (Å²) in [6.07, 6.45) is 0. The predicted molar refractivity (Wildman–Crippen MR) is 84.9 cm³/mol. The number of hydrogen-bond acceptors (Lipinski definition) is 2. The van der Waals surface area contributed by atoms with Crippen LogP contribution in [0.4, 0.5) is 0 Å². The Morgan fingerprint density at radius 1 is 1.53 bits per heavy atom. The zero-order valence-electron chi connectivity index (χ0n) is 11.5. The second kappa shape index (κ2) is 7.36. The highest BCUT2D eigenvalue weighted by Gasteiger charge is 2.09. The van der Waals surface area contributed by atoms with Crippen LogP contribution in [0.2, 0.25) is 5.02 Å². The molecule has 19 heavy (non-hydrogen) atoms. The summed E-state index contributed by atoms with van der Waals surface area (Å²) in [5.41, 5.74) is 2.04. The Labute approximate surface area is 125 Å². The Morgan fingerprint density at radius 3 is 2.79 bits per heavy atom. The third kappa shape index (κ3) is 5.09. The molecule has 0 spiro atoms. The molecule has 0 aliphatic rings. The molecule has 0 saturated carbocycles. The third-order valence-corrected chi connectivity index (χ3v) is 3.23. The molecule has 0 amide bonds. The van der Waals surface area contributed by atoms with Gasteiger partial charge in [-0.3, -0.25) is 0 Å². The van der Waals surface area contributed by atoms with E-state index in [-0.39, 0.29) is 0 Å². The van der Waals surface area contributed by atoms with Crippen molar-refractivity contribution in [2.75, 3.05) is 20.7 Å². The minimum atomic E-state index is 0.631. The molecule has 0 saturated heterocycles. The van der Waals surface area contributed by atoms with E-state index in [9.17, 15) is 0 Å². The lowest BCUT2D eigenvalue weighted by molar-refractivity contribution is 0.397. The number of ether oxygens (including phenoxy) is 1. The van der Waals surface area contributed by atoms with Crippen molar-refractivity contribution >= 4 is 28.9 Å². The van der Waals surface area contributed by atoms with E-state index in [1.165, 1.54) is 0 Å². The van der Waals surface area contributed by atoms with Crippen molar-refractivity contribution < 1.29 is 4.74 Å². The van der Waals surface area contributed by atoms with E-state index in [0.717, 1.165) is 16.9 Å². The smallest absolute Gasteiger partial charge is 0.169 e. The van der Waals surface area contributed by atoms with Crippen molar-refractivity contribution in [3.63, 3.8) is 0 Å². The van der Waals surface area contributed by atoms with E-state index in [1.807, 2.05) is 37.1 Å². The van der Waals surface area contributed by atoms with Crippen LogP contribution in [0, 0.1) is 0 Å². The van der Waals surface area contributed by atoms with Crippen molar-refractivity contribution in [3.8, 4) is 5.75 Å². The first-order valence-electron chi connectivity index (χ1n) is 5.89. The van der Waals surface area contributed by atoms with E-state index >= 15 is 0 Å². The van der Waals surface area contributed by atoms with Gasteiger partial charge in [-0.15, -0.1) is 0 Å². The van der Waals surface area contributed by atoms with E-state index in [2.05, 4.69) is 11.9 Å². The maximum Gasteiger partial charge on any atom is 0.169 e. The van der Waals surface area contributed by atoms with Gasteiger partial charge in [0.2, 0.25) is 0 Å². The van der Waals surface area contributed by atoms with Crippen molar-refractivity contribution in [2.24, 2.45) is 0 Å². The number of rotatable bonds is 5. The lowest BCUT2D eigenvalue weighted by atomic mass is 10.2. The van der Waals surface area contributed by atoms with Crippen LogP contribution in [0.3, 0.4) is 0 Å². The molecule has 1 rings (SSSR count). The molecule has 104 valence electrons. The number of hydrogen-bond donors (Lipinski definition) is 1. The molecule has 0 radical (unpaired) electrons. The fraction of sp³-hybridized carbons (Fsp3) is 0.357. The lowest BCUT2D eigenvalue weighted by Crippen LogP contribution is -2.37. The molecule has 1 aromatic rings. The Bertz CT molecular complexity index is 477. The van der Waals surface area contributed by atoms with Gasteiger partial charge in [-0.2, -0.15) is 0 Å². The predicted octanol–water partition coefficient (Wildman–Crippen LogP) is 3.23. The number of halogens is 1. The van der Waals surface area contributed by atoms with Gasteiger partial charge in [-0.1, -0.05) is 23.8 Å².